The van der Waals surface area contributed by atoms with Crippen molar-refractivity contribution < 1.29 is 9.53 Å². The summed E-state index contributed by atoms with van der Waals surface area (Å²) in [6, 6.07) is 3.58. The van der Waals surface area contributed by atoms with E-state index in [1.807, 2.05) is 6.92 Å². The summed E-state index contributed by atoms with van der Waals surface area (Å²) in [6.45, 7) is 5.61. The fraction of sp³-hybridized carbons (Fsp3) is 0.375. The molecule has 7 nitrogen and oxygen atoms in total. The molecule has 0 saturated heterocycles. The predicted octanol–water partition coefficient (Wildman–Crippen LogP) is 0.908. The number of H-pyrrole nitrogens is 1. The maximum absolute atomic E-state index is 12.0. The first kappa shape index (κ1) is 16.7. The molecule has 23 heavy (non-hydrogen) atoms. The van der Waals surface area contributed by atoms with Crippen molar-refractivity contribution in [3.05, 3.63) is 52.0 Å². The first-order chi connectivity index (χ1) is 11.0. The second-order valence-corrected chi connectivity index (χ2v) is 5.31. The average molecular weight is 316 g/mol. The average Bonchev–Trinajstić information content (AvgIpc) is 2.50. The zero-order valence-corrected chi connectivity index (χ0v) is 13.4. The molecule has 0 spiro atoms. The summed E-state index contributed by atoms with van der Waals surface area (Å²) in [5.74, 6) is 0.935. The van der Waals surface area contributed by atoms with E-state index >= 15 is 0 Å². The van der Waals surface area contributed by atoms with Gasteiger partial charge in [-0.2, -0.15) is 0 Å². The number of carbonyl (C=O) groups is 1. The monoisotopic (exact) mass is 316 g/mol. The minimum Gasteiger partial charge on any atom is -0.487 e. The molecular weight excluding hydrogens is 296 g/mol. The van der Waals surface area contributed by atoms with Crippen LogP contribution in [0.25, 0.3) is 0 Å². The highest BCUT2D eigenvalue weighted by Gasteiger charge is 2.13. The van der Waals surface area contributed by atoms with E-state index in [2.05, 4.69) is 20.3 Å². The van der Waals surface area contributed by atoms with Crippen LogP contribution in [0.4, 0.5) is 0 Å². The third-order valence-corrected chi connectivity index (χ3v) is 3.24. The summed E-state index contributed by atoms with van der Waals surface area (Å²) in [4.78, 5) is 34.6. The van der Waals surface area contributed by atoms with E-state index in [0.717, 1.165) is 0 Å². The van der Waals surface area contributed by atoms with Crippen molar-refractivity contribution in [3.63, 3.8) is 0 Å². The SMILES string of the molecule is Cc1nc(C)c(CC(=O)NCC(C)Oc2cccnc2)c(=O)[nH]1. The molecule has 2 aromatic rings. The second kappa shape index (κ2) is 7.53. The number of carbonyl (C=O) groups excluding carboxylic acids is 1. The van der Waals surface area contributed by atoms with Crippen molar-refractivity contribution in [1.29, 1.82) is 0 Å². The summed E-state index contributed by atoms with van der Waals surface area (Å²) in [7, 11) is 0. The number of ether oxygens (including phenoxy) is 1. The maximum atomic E-state index is 12.0. The van der Waals surface area contributed by atoms with Gasteiger partial charge in [-0.25, -0.2) is 4.98 Å². The molecule has 0 saturated carbocycles. The van der Waals surface area contributed by atoms with Crippen LogP contribution in [-0.2, 0) is 11.2 Å². The number of aromatic nitrogens is 3. The highest BCUT2D eigenvalue weighted by molar-refractivity contribution is 5.78. The molecule has 1 amide bonds. The molecule has 0 bridgehead atoms. The van der Waals surface area contributed by atoms with Crippen LogP contribution in [0.3, 0.4) is 0 Å². The van der Waals surface area contributed by atoms with Gasteiger partial charge in [0.2, 0.25) is 5.91 Å². The molecule has 0 aromatic carbocycles. The lowest BCUT2D eigenvalue weighted by Gasteiger charge is -2.15. The molecule has 2 N–H and O–H groups in total. The maximum Gasteiger partial charge on any atom is 0.254 e. The lowest BCUT2D eigenvalue weighted by Crippen LogP contribution is -2.35. The van der Waals surface area contributed by atoms with Crippen LogP contribution in [0.5, 0.6) is 5.75 Å². The number of rotatable bonds is 6. The number of pyridine rings is 1. The fourth-order valence-corrected chi connectivity index (χ4v) is 2.13. The molecule has 0 aliphatic heterocycles. The topological polar surface area (TPSA) is 97.0 Å². The van der Waals surface area contributed by atoms with Crippen LogP contribution in [0.15, 0.2) is 29.3 Å². The number of aromatic amines is 1. The van der Waals surface area contributed by atoms with E-state index in [1.54, 1.807) is 38.4 Å². The molecular formula is C16H20N4O3. The van der Waals surface area contributed by atoms with Crippen molar-refractivity contribution >= 4 is 5.91 Å². The largest absolute Gasteiger partial charge is 0.487 e. The van der Waals surface area contributed by atoms with E-state index in [9.17, 15) is 9.59 Å². The highest BCUT2D eigenvalue weighted by Crippen LogP contribution is 2.08. The summed E-state index contributed by atoms with van der Waals surface area (Å²) in [5, 5.41) is 2.76. The predicted molar refractivity (Wildman–Crippen MR) is 85.4 cm³/mol. The van der Waals surface area contributed by atoms with Crippen LogP contribution in [0.2, 0.25) is 0 Å². The number of hydrogen-bond acceptors (Lipinski definition) is 5. The van der Waals surface area contributed by atoms with Gasteiger partial charge in [0.15, 0.2) is 0 Å². The molecule has 0 aliphatic rings. The van der Waals surface area contributed by atoms with Crippen molar-refractivity contribution in [1.82, 2.24) is 20.3 Å². The van der Waals surface area contributed by atoms with Crippen LogP contribution < -0.4 is 15.6 Å². The Kier molecular flexibility index (Phi) is 5.46. The van der Waals surface area contributed by atoms with Crippen molar-refractivity contribution in [2.24, 2.45) is 0 Å². The highest BCUT2D eigenvalue weighted by atomic mass is 16.5. The smallest absolute Gasteiger partial charge is 0.254 e. The van der Waals surface area contributed by atoms with Gasteiger partial charge < -0.3 is 15.0 Å². The van der Waals surface area contributed by atoms with E-state index in [4.69, 9.17) is 4.74 Å². The van der Waals surface area contributed by atoms with Gasteiger partial charge in [-0.1, -0.05) is 0 Å². The number of hydrogen-bond donors (Lipinski definition) is 2. The lowest BCUT2D eigenvalue weighted by molar-refractivity contribution is -0.120. The van der Waals surface area contributed by atoms with E-state index in [-0.39, 0.29) is 24.0 Å². The van der Waals surface area contributed by atoms with Gasteiger partial charge in [0.25, 0.3) is 5.56 Å². The molecule has 0 fully saturated rings. The Labute approximate surface area is 134 Å². The van der Waals surface area contributed by atoms with Crippen LogP contribution >= 0.6 is 0 Å². The molecule has 2 rings (SSSR count). The minimum absolute atomic E-state index is 0.00589. The molecule has 122 valence electrons. The Morgan fingerprint density at radius 3 is 2.87 bits per heavy atom. The first-order valence-corrected chi connectivity index (χ1v) is 7.35. The number of aryl methyl sites for hydroxylation is 2. The Balaban J connectivity index is 1.87. The Bertz CT molecular complexity index is 728. The minimum atomic E-state index is -0.273. The van der Waals surface area contributed by atoms with Gasteiger partial charge in [0, 0.05) is 17.5 Å². The van der Waals surface area contributed by atoms with E-state index < -0.39 is 0 Å². The van der Waals surface area contributed by atoms with Gasteiger partial charge in [-0.15, -0.1) is 0 Å². The van der Waals surface area contributed by atoms with Gasteiger partial charge in [-0.3, -0.25) is 14.6 Å². The molecule has 2 heterocycles. The van der Waals surface area contributed by atoms with Gasteiger partial charge in [-0.05, 0) is 32.9 Å². The Morgan fingerprint density at radius 1 is 1.43 bits per heavy atom. The molecule has 1 atom stereocenters. The molecule has 0 aliphatic carbocycles. The Hall–Kier alpha value is -2.70. The zero-order valence-electron chi connectivity index (χ0n) is 13.4. The second-order valence-electron chi connectivity index (χ2n) is 5.31. The third kappa shape index (κ3) is 4.91. The zero-order chi connectivity index (χ0) is 16.8. The van der Waals surface area contributed by atoms with Crippen molar-refractivity contribution in [2.45, 2.75) is 33.3 Å². The normalized spacial score (nSPS) is 11.8. The van der Waals surface area contributed by atoms with Crippen molar-refractivity contribution in [2.75, 3.05) is 6.54 Å². The van der Waals surface area contributed by atoms with Gasteiger partial charge in [0.05, 0.1) is 19.2 Å². The molecule has 2 aromatic heterocycles. The standard InChI is InChI=1S/C16H20N4O3/c1-10(23-13-5-4-6-17-9-13)8-18-15(21)7-14-11(2)19-12(3)20-16(14)22/h4-6,9-10H,7-8H2,1-3H3,(H,18,21)(H,19,20,22). The fourth-order valence-electron chi connectivity index (χ4n) is 2.13. The van der Waals surface area contributed by atoms with Gasteiger partial charge in [0.1, 0.15) is 17.7 Å². The molecule has 7 heteroatoms. The van der Waals surface area contributed by atoms with E-state index in [0.29, 0.717) is 29.4 Å². The van der Waals surface area contributed by atoms with E-state index in [1.165, 1.54) is 0 Å². The molecule has 1 unspecified atom stereocenters. The number of nitrogens with zero attached hydrogens (tertiary/aromatic N) is 2. The lowest BCUT2D eigenvalue weighted by atomic mass is 10.1. The summed E-state index contributed by atoms with van der Waals surface area (Å²) < 4.78 is 5.62. The quantitative estimate of drug-likeness (QED) is 0.825. The number of amides is 1. The van der Waals surface area contributed by atoms with Crippen LogP contribution in [0.1, 0.15) is 24.0 Å². The third-order valence-electron chi connectivity index (χ3n) is 3.24. The summed E-state index contributed by atoms with van der Waals surface area (Å²) >= 11 is 0. The Morgan fingerprint density at radius 2 is 2.22 bits per heavy atom. The van der Waals surface area contributed by atoms with Gasteiger partial charge >= 0.3 is 0 Å². The van der Waals surface area contributed by atoms with Crippen LogP contribution in [0, 0.1) is 13.8 Å². The molecule has 0 radical (unpaired) electrons. The summed E-state index contributed by atoms with van der Waals surface area (Å²) in [6.07, 6.45) is 3.06. The number of nitrogens with one attached hydrogen (secondary N) is 2. The van der Waals surface area contributed by atoms with Crippen LogP contribution in [-0.4, -0.2) is 33.5 Å². The van der Waals surface area contributed by atoms with Crippen molar-refractivity contribution in [3.8, 4) is 5.75 Å². The first-order valence-electron chi connectivity index (χ1n) is 7.35. The summed E-state index contributed by atoms with van der Waals surface area (Å²) in [5.41, 5.74) is 0.680.